The Morgan fingerprint density at radius 3 is 2.38 bits per heavy atom. The van der Waals surface area contributed by atoms with Crippen LogP contribution in [0.15, 0.2) is 69.9 Å². The molecule has 3 aromatic rings. The van der Waals surface area contributed by atoms with Gasteiger partial charge in [0.25, 0.3) is 6.47 Å². The summed E-state index contributed by atoms with van der Waals surface area (Å²) in [5.41, 5.74) is 3.83. The highest BCUT2D eigenvalue weighted by atomic mass is 16.5. The Morgan fingerprint density at radius 1 is 1.07 bits per heavy atom. The van der Waals surface area contributed by atoms with E-state index in [0.717, 1.165) is 12.0 Å². The van der Waals surface area contributed by atoms with Crippen molar-refractivity contribution in [3.63, 3.8) is 0 Å². The van der Waals surface area contributed by atoms with Crippen LogP contribution in [0, 0.1) is 0 Å². The van der Waals surface area contributed by atoms with Crippen LogP contribution in [-0.4, -0.2) is 6.47 Å². The minimum atomic E-state index is -0.379. The minimum Gasteiger partial charge on any atom is -0.429 e. The lowest BCUT2D eigenvalue weighted by Gasteiger charge is -2.06. The van der Waals surface area contributed by atoms with Gasteiger partial charge in [0.2, 0.25) is 0 Å². The monoisotopic (exact) mass is 392 g/mol. The molecule has 29 heavy (non-hydrogen) atoms. The maximum absolute atomic E-state index is 12.3. The Hall–Kier alpha value is -3.14. The molecule has 3 rings (SSSR count). The predicted molar refractivity (Wildman–Crippen MR) is 118 cm³/mol. The number of hydrogen-bond donors (Lipinski definition) is 0. The molecule has 4 heteroatoms. The quantitative estimate of drug-likeness (QED) is 0.205. The van der Waals surface area contributed by atoms with Gasteiger partial charge in [0, 0.05) is 5.39 Å². The van der Waals surface area contributed by atoms with Gasteiger partial charge in [-0.05, 0) is 62.1 Å². The molecule has 0 aliphatic heterocycles. The van der Waals surface area contributed by atoms with E-state index in [0.29, 0.717) is 28.8 Å². The lowest BCUT2D eigenvalue weighted by atomic mass is 10.0. The Labute approximate surface area is 171 Å². The second kappa shape index (κ2) is 11.0. The van der Waals surface area contributed by atoms with E-state index < -0.39 is 0 Å². The van der Waals surface area contributed by atoms with Gasteiger partial charge < -0.3 is 9.15 Å². The van der Waals surface area contributed by atoms with Gasteiger partial charge in [0.05, 0.1) is 5.56 Å². The maximum atomic E-state index is 12.3. The van der Waals surface area contributed by atoms with Crippen LogP contribution in [0.3, 0.4) is 0 Å². The van der Waals surface area contributed by atoms with Crippen molar-refractivity contribution in [1.29, 1.82) is 0 Å². The number of rotatable bonds is 7. The van der Waals surface area contributed by atoms with Crippen LogP contribution >= 0.6 is 0 Å². The standard InChI is InChI=1S/C21H20O4.C4H8/c1-2-3-4-5-15-6-8-16(9-7-15)19-13-17-12-18(24-14-22)10-11-20(17)25-21(19)23;1-4(2)3/h6-14H,2-5H2,1H3;1H2,2-3H3. The normalized spacial score (nSPS) is 10.2. The van der Waals surface area contributed by atoms with E-state index in [1.165, 1.54) is 30.4 Å². The zero-order valence-electron chi connectivity index (χ0n) is 17.4. The van der Waals surface area contributed by atoms with Crippen molar-refractivity contribution in [2.75, 3.05) is 0 Å². The van der Waals surface area contributed by atoms with Crippen molar-refractivity contribution in [3.8, 4) is 16.9 Å². The summed E-state index contributed by atoms with van der Waals surface area (Å²) in [6.45, 7) is 10.1. The number of carbonyl (C=O) groups excluding carboxylic acids is 1. The topological polar surface area (TPSA) is 56.5 Å². The smallest absolute Gasteiger partial charge is 0.344 e. The fourth-order valence-corrected chi connectivity index (χ4v) is 2.86. The number of allylic oxidation sites excluding steroid dienone is 1. The molecular weight excluding hydrogens is 364 g/mol. The first-order valence-corrected chi connectivity index (χ1v) is 9.84. The molecule has 0 bridgehead atoms. The van der Waals surface area contributed by atoms with Crippen molar-refractivity contribution in [2.45, 2.75) is 46.5 Å². The molecular formula is C25H28O4. The van der Waals surface area contributed by atoms with Crippen molar-refractivity contribution >= 4 is 17.4 Å². The van der Waals surface area contributed by atoms with Crippen LogP contribution in [-0.2, 0) is 11.2 Å². The van der Waals surface area contributed by atoms with E-state index in [2.05, 4.69) is 25.6 Å². The first-order valence-electron chi connectivity index (χ1n) is 9.84. The number of unbranched alkanes of at least 4 members (excludes halogenated alkanes) is 2. The maximum Gasteiger partial charge on any atom is 0.344 e. The molecule has 0 saturated heterocycles. The average Bonchev–Trinajstić information content (AvgIpc) is 2.68. The molecule has 0 fully saturated rings. The highest BCUT2D eigenvalue weighted by Gasteiger charge is 2.09. The molecule has 0 unspecified atom stereocenters. The summed E-state index contributed by atoms with van der Waals surface area (Å²) in [5, 5.41) is 0.709. The first kappa shape index (κ1) is 22.2. The molecule has 0 spiro atoms. The largest absolute Gasteiger partial charge is 0.429 e. The van der Waals surface area contributed by atoms with E-state index in [4.69, 9.17) is 9.15 Å². The van der Waals surface area contributed by atoms with E-state index >= 15 is 0 Å². The van der Waals surface area contributed by atoms with E-state index in [1.807, 2.05) is 26.0 Å². The van der Waals surface area contributed by atoms with E-state index in [9.17, 15) is 9.59 Å². The summed E-state index contributed by atoms with van der Waals surface area (Å²) in [5.74, 6) is 0.411. The SMILES string of the molecule is C=C(C)C.CCCCCc1ccc(-c2cc3cc(OC=O)ccc3oc2=O)cc1. The van der Waals surface area contributed by atoms with E-state index in [1.54, 1.807) is 24.3 Å². The molecule has 1 heterocycles. The molecule has 0 amide bonds. The molecule has 0 aliphatic carbocycles. The number of carbonyl (C=O) groups is 1. The predicted octanol–water partition coefficient (Wildman–Crippen LogP) is 6.31. The lowest BCUT2D eigenvalue weighted by Crippen LogP contribution is -2.03. The van der Waals surface area contributed by atoms with Gasteiger partial charge in [0.15, 0.2) is 0 Å². The van der Waals surface area contributed by atoms with Crippen LogP contribution in [0.1, 0.15) is 45.6 Å². The number of fused-ring (bicyclic) bond motifs is 1. The van der Waals surface area contributed by atoms with Gasteiger partial charge in [-0.2, -0.15) is 0 Å². The van der Waals surface area contributed by atoms with Gasteiger partial charge in [-0.1, -0.05) is 49.6 Å². The first-order chi connectivity index (χ1) is 13.9. The summed E-state index contributed by atoms with van der Waals surface area (Å²) in [6.07, 6.45) is 4.65. The van der Waals surface area contributed by atoms with Crippen molar-refractivity contribution in [2.24, 2.45) is 0 Å². The Bertz CT molecular complexity index is 1010. The summed E-state index contributed by atoms with van der Waals surface area (Å²) in [4.78, 5) is 22.8. The fourth-order valence-electron chi connectivity index (χ4n) is 2.86. The number of aryl methyl sites for hydroxylation is 1. The summed E-state index contributed by atoms with van der Waals surface area (Å²) >= 11 is 0. The van der Waals surface area contributed by atoms with Crippen molar-refractivity contribution in [1.82, 2.24) is 0 Å². The molecule has 0 aliphatic rings. The van der Waals surface area contributed by atoms with Crippen LogP contribution in [0.5, 0.6) is 5.75 Å². The van der Waals surface area contributed by atoms with Gasteiger partial charge in [-0.15, -0.1) is 6.58 Å². The van der Waals surface area contributed by atoms with Crippen LogP contribution in [0.25, 0.3) is 22.1 Å². The second-order valence-corrected chi connectivity index (χ2v) is 7.22. The summed E-state index contributed by atoms with van der Waals surface area (Å²) in [7, 11) is 0. The third-order valence-corrected chi connectivity index (χ3v) is 4.22. The number of hydrogen-bond acceptors (Lipinski definition) is 4. The third kappa shape index (κ3) is 6.75. The summed E-state index contributed by atoms with van der Waals surface area (Å²) in [6, 6.07) is 14.7. The van der Waals surface area contributed by atoms with Crippen LogP contribution in [0.4, 0.5) is 0 Å². The van der Waals surface area contributed by atoms with Crippen LogP contribution in [0.2, 0.25) is 0 Å². The van der Waals surface area contributed by atoms with Crippen LogP contribution < -0.4 is 10.4 Å². The molecule has 2 aromatic carbocycles. The lowest BCUT2D eigenvalue weighted by molar-refractivity contribution is -0.120. The minimum absolute atomic E-state index is 0.373. The van der Waals surface area contributed by atoms with E-state index in [-0.39, 0.29) is 5.63 Å². The van der Waals surface area contributed by atoms with Crippen molar-refractivity contribution in [3.05, 3.63) is 76.7 Å². The number of ether oxygens (including phenoxy) is 1. The molecule has 0 radical (unpaired) electrons. The summed E-state index contributed by atoms with van der Waals surface area (Å²) < 4.78 is 10.2. The third-order valence-electron chi connectivity index (χ3n) is 4.22. The van der Waals surface area contributed by atoms with Gasteiger partial charge in [0.1, 0.15) is 11.3 Å². The zero-order chi connectivity index (χ0) is 21.2. The highest BCUT2D eigenvalue weighted by Crippen LogP contribution is 2.25. The average molecular weight is 392 g/mol. The molecule has 0 saturated carbocycles. The zero-order valence-corrected chi connectivity index (χ0v) is 17.4. The molecule has 0 atom stereocenters. The molecule has 0 N–H and O–H groups in total. The molecule has 4 nitrogen and oxygen atoms in total. The molecule has 1 aromatic heterocycles. The Morgan fingerprint density at radius 2 is 1.76 bits per heavy atom. The Kier molecular flexibility index (Phi) is 8.41. The molecule has 152 valence electrons. The second-order valence-electron chi connectivity index (χ2n) is 7.22. The number of benzene rings is 2. The van der Waals surface area contributed by atoms with Crippen molar-refractivity contribution < 1.29 is 13.9 Å². The van der Waals surface area contributed by atoms with Gasteiger partial charge >= 0.3 is 5.63 Å². The van der Waals surface area contributed by atoms with Gasteiger partial charge in [-0.3, -0.25) is 4.79 Å². The Balaban J connectivity index is 0.000000687. The highest BCUT2D eigenvalue weighted by molar-refractivity contribution is 5.83. The fraction of sp³-hybridized carbons (Fsp3) is 0.280. The van der Waals surface area contributed by atoms with Gasteiger partial charge in [-0.25, -0.2) is 4.79 Å².